The number of rotatable bonds is 2. The van der Waals surface area contributed by atoms with Crippen molar-refractivity contribution in [1.29, 1.82) is 0 Å². The van der Waals surface area contributed by atoms with Crippen molar-refractivity contribution in [2.45, 2.75) is 33.7 Å². The van der Waals surface area contributed by atoms with E-state index in [9.17, 15) is 0 Å². The second-order valence-electron chi connectivity index (χ2n) is 4.84. The molecule has 98 valence electrons. The van der Waals surface area contributed by atoms with E-state index < -0.39 is 3.79 Å². The Morgan fingerprint density at radius 3 is 2.39 bits per heavy atom. The zero-order valence-corrected chi connectivity index (χ0v) is 13.5. The number of alkyl halides is 3. The van der Waals surface area contributed by atoms with Crippen LogP contribution in [0.5, 0.6) is 0 Å². The van der Waals surface area contributed by atoms with Gasteiger partial charge in [-0.25, -0.2) is 0 Å². The van der Waals surface area contributed by atoms with Gasteiger partial charge in [0, 0.05) is 0 Å². The number of benzene rings is 1. The van der Waals surface area contributed by atoms with Crippen LogP contribution in [0.15, 0.2) is 30.3 Å². The van der Waals surface area contributed by atoms with Gasteiger partial charge in [0.25, 0.3) is 0 Å². The maximum atomic E-state index is 5.95. The van der Waals surface area contributed by atoms with E-state index in [2.05, 4.69) is 30.3 Å². The topological polar surface area (TPSA) is 9.23 Å². The Balaban J connectivity index is 1.64. The van der Waals surface area contributed by atoms with E-state index in [0.29, 0.717) is 25.7 Å². The third-order valence-corrected chi connectivity index (χ3v) is 7.05. The Morgan fingerprint density at radius 2 is 1.83 bits per heavy atom. The Morgan fingerprint density at radius 1 is 1.11 bits per heavy atom. The van der Waals surface area contributed by atoms with E-state index in [1.165, 1.54) is 4.46 Å². The molecule has 0 spiro atoms. The molecule has 18 heavy (non-hydrogen) atoms. The summed E-state index contributed by atoms with van der Waals surface area (Å²) in [6.07, 6.45) is 2.27. The van der Waals surface area contributed by atoms with Crippen LogP contribution < -0.4 is 4.46 Å². The van der Waals surface area contributed by atoms with Gasteiger partial charge in [-0.05, 0) is 0 Å². The molecular formula is C13H13Cl3OSe. The van der Waals surface area contributed by atoms with Gasteiger partial charge in [-0.15, -0.1) is 0 Å². The second kappa shape index (κ2) is 5.16. The van der Waals surface area contributed by atoms with Crippen LogP contribution in [0.3, 0.4) is 0 Å². The summed E-state index contributed by atoms with van der Waals surface area (Å²) in [5.74, 6) is 0.415. The summed E-state index contributed by atoms with van der Waals surface area (Å²) < 4.78 is 6.08. The molecule has 0 radical (unpaired) electrons. The molecule has 1 saturated heterocycles. The normalized spacial score (nSPS) is 35.1. The third kappa shape index (κ3) is 2.70. The maximum absolute atomic E-state index is 5.95. The summed E-state index contributed by atoms with van der Waals surface area (Å²) in [4.78, 5) is 0.633. The molecule has 1 aliphatic heterocycles. The Kier molecular flexibility index (Phi) is 3.89. The zero-order valence-electron chi connectivity index (χ0n) is 9.56. The van der Waals surface area contributed by atoms with E-state index in [-0.39, 0.29) is 12.2 Å². The van der Waals surface area contributed by atoms with Gasteiger partial charge < -0.3 is 0 Å². The molecule has 1 heterocycles. The Hall–Kier alpha value is 0.569. The summed E-state index contributed by atoms with van der Waals surface area (Å²) >= 11 is 18.3. The van der Waals surface area contributed by atoms with Crippen molar-refractivity contribution in [3.8, 4) is 0 Å². The van der Waals surface area contributed by atoms with Crippen molar-refractivity contribution in [3.05, 3.63) is 30.3 Å². The second-order valence-corrected chi connectivity index (χ2v) is 9.96. The first-order valence-corrected chi connectivity index (χ1v) is 8.96. The van der Waals surface area contributed by atoms with Gasteiger partial charge in [-0.2, -0.15) is 0 Å². The fraction of sp³-hybridized carbons (Fsp3) is 0.538. The average molecular weight is 371 g/mol. The van der Waals surface area contributed by atoms with Crippen molar-refractivity contribution in [2.24, 2.45) is 5.92 Å². The van der Waals surface area contributed by atoms with E-state index in [1.54, 1.807) is 0 Å². The van der Waals surface area contributed by atoms with Crippen molar-refractivity contribution in [3.63, 3.8) is 0 Å². The van der Waals surface area contributed by atoms with Gasteiger partial charge in [0.15, 0.2) is 0 Å². The van der Waals surface area contributed by atoms with Crippen LogP contribution in [-0.4, -0.2) is 31.0 Å². The Bertz CT molecular complexity index is 420. The van der Waals surface area contributed by atoms with Crippen LogP contribution in [-0.2, 0) is 4.74 Å². The summed E-state index contributed by atoms with van der Waals surface area (Å²) in [5, 5.41) is 0. The van der Waals surface area contributed by atoms with Crippen LogP contribution >= 0.6 is 34.8 Å². The minimum absolute atomic E-state index is 0.213. The monoisotopic (exact) mass is 370 g/mol. The first-order valence-electron chi connectivity index (χ1n) is 5.98. The molecule has 0 N–H and O–H groups in total. The molecule has 4 atom stereocenters. The number of hydrogen-bond donors (Lipinski definition) is 0. The molecule has 1 nitrogen and oxygen atoms in total. The number of halogens is 3. The molecule has 3 rings (SSSR count). The summed E-state index contributed by atoms with van der Waals surface area (Å²) in [6, 6.07) is 10.6. The summed E-state index contributed by atoms with van der Waals surface area (Å²) in [6.45, 7) is 0. The number of fused-ring (bicyclic) bond motifs is 2. The average Bonchev–Trinajstić information content (AvgIpc) is 2.89. The molecule has 1 saturated carbocycles. The van der Waals surface area contributed by atoms with Gasteiger partial charge in [0.1, 0.15) is 0 Å². The van der Waals surface area contributed by atoms with Crippen LogP contribution in [0.1, 0.15) is 12.8 Å². The molecule has 0 aromatic heterocycles. The van der Waals surface area contributed by atoms with E-state index >= 15 is 0 Å². The molecular weight excluding hydrogens is 357 g/mol. The van der Waals surface area contributed by atoms with E-state index in [1.807, 2.05) is 0 Å². The van der Waals surface area contributed by atoms with Crippen LogP contribution in [0.2, 0.25) is 4.82 Å². The van der Waals surface area contributed by atoms with Crippen molar-refractivity contribution >= 4 is 54.2 Å². The first kappa shape index (κ1) is 13.5. The standard InChI is InChI=1S/C13H13Cl3OSe/c14-13(15,16)12-8-6-10(17-12)11(7-8)18-9-4-2-1-3-5-9/h1-5,8,10-12H,6-7H2/t8-,10+,11+,12+/m0/s1. The summed E-state index contributed by atoms with van der Waals surface area (Å²) in [7, 11) is 0. The number of hydrogen-bond acceptors (Lipinski definition) is 1. The molecule has 1 aromatic carbocycles. The van der Waals surface area contributed by atoms with Crippen LogP contribution in [0.4, 0.5) is 0 Å². The third-order valence-electron chi connectivity index (χ3n) is 3.59. The number of ether oxygens (including phenoxy) is 1. The molecule has 2 aliphatic rings. The predicted molar refractivity (Wildman–Crippen MR) is 77.3 cm³/mol. The molecule has 5 heteroatoms. The molecule has 0 amide bonds. The summed E-state index contributed by atoms with van der Waals surface area (Å²) in [5.41, 5.74) is 0. The van der Waals surface area contributed by atoms with Crippen LogP contribution in [0, 0.1) is 5.92 Å². The SMILES string of the molecule is ClC(Cl)(Cl)[C@@H]1O[C@@H]2C[C@H]1C[C@H]2[Se]c1ccccc1. The zero-order chi connectivity index (χ0) is 12.8. The fourth-order valence-corrected chi connectivity index (χ4v) is 6.32. The van der Waals surface area contributed by atoms with Gasteiger partial charge in [-0.1, -0.05) is 0 Å². The van der Waals surface area contributed by atoms with Gasteiger partial charge >= 0.3 is 129 Å². The molecule has 2 bridgehead atoms. The van der Waals surface area contributed by atoms with Crippen molar-refractivity contribution in [1.82, 2.24) is 0 Å². The quantitative estimate of drug-likeness (QED) is 0.573. The van der Waals surface area contributed by atoms with Gasteiger partial charge in [0.05, 0.1) is 0 Å². The Labute approximate surface area is 128 Å². The molecule has 1 aliphatic carbocycles. The fourth-order valence-electron chi connectivity index (χ4n) is 2.83. The molecule has 0 unspecified atom stereocenters. The first-order chi connectivity index (χ1) is 8.54. The van der Waals surface area contributed by atoms with E-state index in [0.717, 1.165) is 12.8 Å². The predicted octanol–water partition coefficient (Wildman–Crippen LogP) is 3.35. The van der Waals surface area contributed by atoms with Crippen molar-refractivity contribution in [2.75, 3.05) is 0 Å². The van der Waals surface area contributed by atoms with Gasteiger partial charge in [-0.3, -0.25) is 0 Å². The van der Waals surface area contributed by atoms with E-state index in [4.69, 9.17) is 39.5 Å². The minimum atomic E-state index is -1.27. The van der Waals surface area contributed by atoms with Crippen molar-refractivity contribution < 1.29 is 4.74 Å². The molecule has 1 aromatic rings. The molecule has 2 fully saturated rings. The van der Waals surface area contributed by atoms with Gasteiger partial charge in [0.2, 0.25) is 0 Å². The van der Waals surface area contributed by atoms with Crippen LogP contribution in [0.25, 0.3) is 0 Å².